The van der Waals surface area contributed by atoms with Crippen molar-refractivity contribution in [2.75, 3.05) is 20.8 Å². The second kappa shape index (κ2) is 7.76. The Balaban J connectivity index is 1.60. The Morgan fingerprint density at radius 3 is 2.68 bits per heavy atom. The first-order valence-electron chi connectivity index (χ1n) is 9.26. The quantitative estimate of drug-likeness (QED) is 0.661. The predicted molar refractivity (Wildman–Crippen MR) is 104 cm³/mol. The number of amides is 1. The van der Waals surface area contributed by atoms with Gasteiger partial charge in [0.1, 0.15) is 11.5 Å². The number of hydrogen-bond acceptors (Lipinski definition) is 5. The third kappa shape index (κ3) is 3.33. The highest BCUT2D eigenvalue weighted by molar-refractivity contribution is 5.93. The van der Waals surface area contributed by atoms with Crippen LogP contribution >= 0.6 is 0 Å². The summed E-state index contributed by atoms with van der Waals surface area (Å²) in [5.74, 6) is 1.89. The van der Waals surface area contributed by atoms with E-state index in [1.807, 2.05) is 53.4 Å². The molecule has 0 N–H and O–H groups in total. The average Bonchev–Trinajstić information content (AvgIpc) is 3.43. The Morgan fingerprint density at radius 1 is 1.11 bits per heavy atom. The monoisotopic (exact) mass is 378 g/mol. The van der Waals surface area contributed by atoms with Crippen LogP contribution in [0.1, 0.15) is 34.9 Å². The summed E-state index contributed by atoms with van der Waals surface area (Å²) in [5.41, 5.74) is 2.18. The first-order valence-corrected chi connectivity index (χ1v) is 9.26. The minimum atomic E-state index is -0.133. The topological polar surface area (TPSA) is 64.8 Å². The number of carbonyl (C=O) groups excluding carboxylic acids is 1. The zero-order valence-corrected chi connectivity index (χ0v) is 15.9. The van der Waals surface area contributed by atoms with E-state index in [9.17, 15) is 4.79 Å². The van der Waals surface area contributed by atoms with E-state index in [0.717, 1.165) is 29.7 Å². The molecule has 144 valence electrons. The van der Waals surface area contributed by atoms with Crippen molar-refractivity contribution in [2.45, 2.75) is 18.9 Å². The van der Waals surface area contributed by atoms with Gasteiger partial charge in [0.05, 0.1) is 20.3 Å². The van der Waals surface area contributed by atoms with Crippen LogP contribution in [-0.2, 0) is 0 Å². The molecule has 1 fully saturated rings. The number of benzene rings is 2. The van der Waals surface area contributed by atoms with Gasteiger partial charge in [-0.15, -0.1) is 0 Å². The molecule has 0 saturated carbocycles. The summed E-state index contributed by atoms with van der Waals surface area (Å²) in [6, 6.07) is 17.0. The molecule has 4 rings (SSSR count). The summed E-state index contributed by atoms with van der Waals surface area (Å²) in [6.07, 6.45) is 1.80. The smallest absolute Gasteiger partial charge is 0.276 e. The van der Waals surface area contributed by atoms with Gasteiger partial charge in [0, 0.05) is 29.8 Å². The second-order valence-corrected chi connectivity index (χ2v) is 6.71. The normalized spacial score (nSPS) is 16.2. The van der Waals surface area contributed by atoms with E-state index >= 15 is 0 Å². The maximum Gasteiger partial charge on any atom is 0.276 e. The lowest BCUT2D eigenvalue weighted by molar-refractivity contribution is 0.0723. The Bertz CT molecular complexity index is 968. The van der Waals surface area contributed by atoms with Crippen molar-refractivity contribution in [1.82, 2.24) is 10.1 Å². The molecular weight excluding hydrogens is 356 g/mol. The zero-order chi connectivity index (χ0) is 19.5. The van der Waals surface area contributed by atoms with Crippen LogP contribution in [0, 0.1) is 0 Å². The Kier molecular flexibility index (Phi) is 5.02. The number of rotatable bonds is 5. The van der Waals surface area contributed by atoms with Crippen molar-refractivity contribution in [3.63, 3.8) is 0 Å². The standard InChI is InChI=1S/C22H22N2O4/c1-26-16-10-11-17(21(13-16)27-2)19-9-6-12-24(19)22(25)18-14-20(28-23-18)15-7-4-3-5-8-15/h3-5,7-8,10-11,13-14,19H,6,9,12H2,1-2H3/t19-/m0/s1. The molecule has 2 heterocycles. The predicted octanol–water partition coefficient (Wildman–Crippen LogP) is 4.34. The van der Waals surface area contributed by atoms with Gasteiger partial charge in [-0.2, -0.15) is 0 Å². The number of nitrogens with zero attached hydrogens (tertiary/aromatic N) is 2. The molecule has 1 amide bonds. The molecule has 0 aliphatic carbocycles. The molecule has 0 bridgehead atoms. The van der Waals surface area contributed by atoms with E-state index in [2.05, 4.69) is 5.16 Å². The fraction of sp³-hybridized carbons (Fsp3) is 0.273. The van der Waals surface area contributed by atoms with E-state index in [-0.39, 0.29) is 11.9 Å². The largest absolute Gasteiger partial charge is 0.497 e. The van der Waals surface area contributed by atoms with Gasteiger partial charge in [0.25, 0.3) is 5.91 Å². The van der Waals surface area contributed by atoms with Crippen molar-refractivity contribution in [2.24, 2.45) is 0 Å². The van der Waals surface area contributed by atoms with Crippen LogP contribution in [-0.4, -0.2) is 36.7 Å². The van der Waals surface area contributed by atoms with Crippen LogP contribution in [0.2, 0.25) is 0 Å². The molecule has 1 aromatic heterocycles. The van der Waals surface area contributed by atoms with Gasteiger partial charge in [-0.25, -0.2) is 0 Å². The lowest BCUT2D eigenvalue weighted by Gasteiger charge is -2.25. The van der Waals surface area contributed by atoms with Gasteiger partial charge in [0.2, 0.25) is 0 Å². The van der Waals surface area contributed by atoms with E-state index in [1.165, 1.54) is 0 Å². The first kappa shape index (κ1) is 18.1. The minimum absolute atomic E-state index is 0.0646. The number of methoxy groups -OCH3 is 2. The molecule has 28 heavy (non-hydrogen) atoms. The van der Waals surface area contributed by atoms with Crippen molar-refractivity contribution >= 4 is 5.91 Å². The minimum Gasteiger partial charge on any atom is -0.497 e. The molecule has 1 aliphatic heterocycles. The number of aromatic nitrogens is 1. The Labute approximate surface area is 163 Å². The lowest BCUT2D eigenvalue weighted by atomic mass is 10.0. The second-order valence-electron chi connectivity index (χ2n) is 6.71. The van der Waals surface area contributed by atoms with E-state index in [4.69, 9.17) is 14.0 Å². The third-order valence-corrected chi connectivity index (χ3v) is 5.10. The Hall–Kier alpha value is -3.28. The Morgan fingerprint density at radius 2 is 1.93 bits per heavy atom. The highest BCUT2D eigenvalue weighted by Crippen LogP contribution is 2.39. The van der Waals surface area contributed by atoms with Gasteiger partial charge >= 0.3 is 0 Å². The molecule has 1 atom stereocenters. The fourth-order valence-electron chi connectivity index (χ4n) is 3.69. The van der Waals surface area contributed by atoms with Crippen molar-refractivity contribution in [3.05, 3.63) is 65.9 Å². The maximum absolute atomic E-state index is 13.1. The lowest BCUT2D eigenvalue weighted by Crippen LogP contribution is -2.31. The molecule has 6 heteroatoms. The zero-order valence-electron chi connectivity index (χ0n) is 15.9. The van der Waals surface area contributed by atoms with Gasteiger partial charge in [-0.3, -0.25) is 4.79 Å². The van der Waals surface area contributed by atoms with Gasteiger partial charge in [-0.05, 0) is 25.0 Å². The molecular formula is C22H22N2O4. The molecule has 2 aromatic carbocycles. The number of likely N-dealkylation sites (tertiary alicyclic amines) is 1. The summed E-state index contributed by atoms with van der Waals surface area (Å²) >= 11 is 0. The van der Waals surface area contributed by atoms with Crippen LogP contribution in [0.15, 0.2) is 59.1 Å². The third-order valence-electron chi connectivity index (χ3n) is 5.10. The highest BCUT2D eigenvalue weighted by atomic mass is 16.5. The molecule has 6 nitrogen and oxygen atoms in total. The summed E-state index contributed by atoms with van der Waals surface area (Å²) in [6.45, 7) is 0.673. The van der Waals surface area contributed by atoms with E-state index in [0.29, 0.717) is 23.7 Å². The summed E-state index contributed by atoms with van der Waals surface area (Å²) in [4.78, 5) is 15.0. The van der Waals surface area contributed by atoms with Gasteiger partial charge in [0.15, 0.2) is 11.5 Å². The van der Waals surface area contributed by atoms with Crippen LogP contribution in [0.4, 0.5) is 0 Å². The number of hydrogen-bond donors (Lipinski definition) is 0. The summed E-state index contributed by atoms with van der Waals surface area (Å²) in [7, 11) is 3.25. The average molecular weight is 378 g/mol. The number of carbonyl (C=O) groups is 1. The van der Waals surface area contributed by atoms with Crippen molar-refractivity contribution < 1.29 is 18.8 Å². The molecule has 1 saturated heterocycles. The maximum atomic E-state index is 13.1. The SMILES string of the molecule is COc1ccc([C@@H]2CCCN2C(=O)c2cc(-c3ccccc3)on2)c(OC)c1. The van der Waals surface area contributed by atoms with Crippen LogP contribution < -0.4 is 9.47 Å². The van der Waals surface area contributed by atoms with Crippen LogP contribution in [0.5, 0.6) is 11.5 Å². The summed E-state index contributed by atoms with van der Waals surface area (Å²) in [5, 5.41) is 4.02. The molecule has 0 spiro atoms. The van der Waals surface area contributed by atoms with Gasteiger partial charge < -0.3 is 18.9 Å². The highest BCUT2D eigenvalue weighted by Gasteiger charge is 2.34. The molecule has 0 radical (unpaired) electrons. The molecule has 0 unspecified atom stereocenters. The summed E-state index contributed by atoms with van der Waals surface area (Å²) < 4.78 is 16.2. The van der Waals surface area contributed by atoms with Gasteiger partial charge in [-0.1, -0.05) is 35.5 Å². The van der Waals surface area contributed by atoms with E-state index in [1.54, 1.807) is 20.3 Å². The molecule has 3 aromatic rings. The first-order chi connectivity index (χ1) is 13.7. The van der Waals surface area contributed by atoms with E-state index < -0.39 is 0 Å². The fourth-order valence-corrected chi connectivity index (χ4v) is 3.69. The number of ether oxygens (including phenoxy) is 2. The van der Waals surface area contributed by atoms with Crippen molar-refractivity contribution in [3.8, 4) is 22.8 Å². The van der Waals surface area contributed by atoms with Crippen LogP contribution in [0.25, 0.3) is 11.3 Å². The molecule has 1 aliphatic rings. The van der Waals surface area contributed by atoms with Crippen LogP contribution in [0.3, 0.4) is 0 Å². The van der Waals surface area contributed by atoms with Crippen molar-refractivity contribution in [1.29, 1.82) is 0 Å².